The summed E-state index contributed by atoms with van der Waals surface area (Å²) in [7, 11) is 0. The van der Waals surface area contributed by atoms with Gasteiger partial charge < -0.3 is 26.4 Å². The lowest BCUT2D eigenvalue weighted by Gasteiger charge is -2.27. The van der Waals surface area contributed by atoms with Crippen LogP contribution in [0.4, 0.5) is 0 Å². The molecular formula is C11H17ClN2O6. The summed E-state index contributed by atoms with van der Waals surface area (Å²) in [5.74, 6) is -4.22. The highest BCUT2D eigenvalue weighted by Gasteiger charge is 2.69. The monoisotopic (exact) mass is 308 g/mol. The molecule has 0 aromatic rings. The van der Waals surface area contributed by atoms with Crippen LogP contribution in [-0.4, -0.2) is 51.4 Å². The van der Waals surface area contributed by atoms with E-state index >= 15 is 0 Å². The normalized spacial score (nSPS) is 35.4. The largest absolute Gasteiger partial charge is 0.481 e. The molecule has 2 aliphatic carbocycles. The second-order valence-electron chi connectivity index (χ2n) is 5.18. The van der Waals surface area contributed by atoms with Gasteiger partial charge in [0.15, 0.2) is 0 Å². The van der Waals surface area contributed by atoms with Crippen molar-refractivity contribution in [2.45, 2.75) is 24.4 Å². The van der Waals surface area contributed by atoms with E-state index in [1.165, 1.54) is 0 Å². The van der Waals surface area contributed by atoms with E-state index in [1.807, 2.05) is 0 Å². The zero-order valence-corrected chi connectivity index (χ0v) is 11.3. The Hall–Kier alpha value is -1.38. The van der Waals surface area contributed by atoms with Gasteiger partial charge in [0.25, 0.3) is 0 Å². The average molecular weight is 309 g/mol. The first kappa shape index (κ1) is 16.7. The molecule has 2 rings (SSSR count). The minimum Gasteiger partial charge on any atom is -0.481 e. The zero-order valence-electron chi connectivity index (χ0n) is 10.5. The Bertz CT molecular complexity index is 445. The van der Waals surface area contributed by atoms with Gasteiger partial charge in [-0.05, 0) is 18.8 Å². The van der Waals surface area contributed by atoms with Crippen molar-refractivity contribution in [3.8, 4) is 0 Å². The molecule has 2 saturated carbocycles. The molecule has 8 nitrogen and oxygen atoms in total. The number of aliphatic hydroxyl groups excluding tert-OH is 1. The van der Waals surface area contributed by atoms with Crippen LogP contribution in [0, 0.1) is 17.8 Å². The summed E-state index contributed by atoms with van der Waals surface area (Å²) in [4.78, 5) is 33.7. The molecule has 0 aromatic carbocycles. The van der Waals surface area contributed by atoms with Gasteiger partial charge in [0.1, 0.15) is 6.04 Å². The van der Waals surface area contributed by atoms with E-state index in [0.717, 1.165) is 0 Å². The Morgan fingerprint density at radius 1 is 1.35 bits per heavy atom. The third-order valence-corrected chi connectivity index (χ3v) is 4.15. The number of amides is 1. The Balaban J connectivity index is 0.00000200. The van der Waals surface area contributed by atoms with Gasteiger partial charge >= 0.3 is 11.9 Å². The van der Waals surface area contributed by atoms with Crippen molar-refractivity contribution < 1.29 is 29.7 Å². The van der Waals surface area contributed by atoms with Gasteiger partial charge in [-0.3, -0.25) is 9.59 Å². The first-order chi connectivity index (χ1) is 8.82. The molecule has 1 amide bonds. The van der Waals surface area contributed by atoms with E-state index in [-0.39, 0.29) is 18.3 Å². The lowest BCUT2D eigenvalue weighted by Crippen LogP contribution is -2.59. The Labute approximate surface area is 120 Å². The number of nitrogens with one attached hydrogen (secondary N) is 1. The van der Waals surface area contributed by atoms with Gasteiger partial charge in [-0.15, -0.1) is 12.4 Å². The van der Waals surface area contributed by atoms with E-state index in [9.17, 15) is 14.4 Å². The fourth-order valence-corrected chi connectivity index (χ4v) is 3.09. The van der Waals surface area contributed by atoms with Gasteiger partial charge in [0, 0.05) is 5.92 Å². The van der Waals surface area contributed by atoms with Gasteiger partial charge in [-0.25, -0.2) is 4.79 Å². The summed E-state index contributed by atoms with van der Waals surface area (Å²) in [5.41, 5.74) is 4.62. The number of rotatable bonds is 5. The highest BCUT2D eigenvalue weighted by atomic mass is 35.5. The third-order valence-electron chi connectivity index (χ3n) is 4.15. The molecule has 0 heterocycles. The summed E-state index contributed by atoms with van der Waals surface area (Å²) in [6.45, 7) is -0.742. The molecule has 2 fully saturated rings. The Kier molecular flexibility index (Phi) is 4.62. The summed E-state index contributed by atoms with van der Waals surface area (Å²) in [6, 6.07) is -1.42. The first-order valence-electron chi connectivity index (χ1n) is 5.99. The number of hydrogen-bond donors (Lipinski definition) is 5. The van der Waals surface area contributed by atoms with Crippen LogP contribution in [-0.2, 0) is 14.4 Å². The van der Waals surface area contributed by atoms with Crippen molar-refractivity contribution >= 4 is 30.3 Å². The Morgan fingerprint density at radius 2 is 1.95 bits per heavy atom. The number of halogens is 1. The van der Waals surface area contributed by atoms with Crippen LogP contribution >= 0.6 is 12.4 Å². The number of carboxylic acids is 2. The quantitative estimate of drug-likeness (QED) is 0.411. The summed E-state index contributed by atoms with van der Waals surface area (Å²) in [6.07, 6.45) is 0.873. The fourth-order valence-electron chi connectivity index (χ4n) is 3.09. The van der Waals surface area contributed by atoms with Crippen LogP contribution in [0.15, 0.2) is 0 Å². The molecule has 2 aliphatic rings. The van der Waals surface area contributed by atoms with E-state index in [1.54, 1.807) is 0 Å². The molecule has 0 saturated heterocycles. The van der Waals surface area contributed by atoms with Gasteiger partial charge in [0.2, 0.25) is 5.91 Å². The lowest BCUT2D eigenvalue weighted by molar-refractivity contribution is -0.144. The molecule has 9 heteroatoms. The highest BCUT2D eigenvalue weighted by Crippen LogP contribution is 2.61. The van der Waals surface area contributed by atoms with E-state index in [0.29, 0.717) is 12.8 Å². The maximum Gasteiger partial charge on any atom is 0.328 e. The smallest absolute Gasteiger partial charge is 0.328 e. The van der Waals surface area contributed by atoms with Gasteiger partial charge in [0.05, 0.1) is 18.1 Å². The predicted octanol–water partition coefficient (Wildman–Crippen LogP) is -1.59. The summed E-state index contributed by atoms with van der Waals surface area (Å²) >= 11 is 0. The Morgan fingerprint density at radius 3 is 2.35 bits per heavy atom. The van der Waals surface area contributed by atoms with Crippen LogP contribution in [0.2, 0.25) is 0 Å². The molecule has 5 atom stereocenters. The SMILES string of the molecule is Cl.N[C@@]1(C(=O)N[C@@H](CO)C(=O)O)CC[C@H]2[C@H](C(=O)O)[C@H]21. The maximum atomic E-state index is 12.0. The first-order valence-corrected chi connectivity index (χ1v) is 5.99. The summed E-state index contributed by atoms with van der Waals surface area (Å²) in [5, 5.41) is 28.7. The van der Waals surface area contributed by atoms with E-state index in [4.69, 9.17) is 21.1 Å². The number of nitrogens with two attached hydrogens (primary N) is 1. The van der Waals surface area contributed by atoms with Gasteiger partial charge in [-0.2, -0.15) is 0 Å². The topological polar surface area (TPSA) is 150 Å². The second kappa shape index (κ2) is 5.55. The molecule has 0 spiro atoms. The minimum absolute atomic E-state index is 0. The van der Waals surface area contributed by atoms with Crippen molar-refractivity contribution in [3.63, 3.8) is 0 Å². The van der Waals surface area contributed by atoms with E-state index < -0.39 is 47.9 Å². The van der Waals surface area contributed by atoms with Crippen molar-refractivity contribution in [1.82, 2.24) is 5.32 Å². The lowest BCUT2D eigenvalue weighted by atomic mass is 9.90. The van der Waals surface area contributed by atoms with Crippen LogP contribution in [0.3, 0.4) is 0 Å². The van der Waals surface area contributed by atoms with Crippen molar-refractivity contribution in [2.24, 2.45) is 23.5 Å². The molecule has 0 unspecified atom stereocenters. The van der Waals surface area contributed by atoms with Crippen molar-refractivity contribution in [2.75, 3.05) is 6.61 Å². The van der Waals surface area contributed by atoms with Crippen LogP contribution < -0.4 is 11.1 Å². The highest BCUT2D eigenvalue weighted by molar-refractivity contribution is 5.92. The molecule has 0 aromatic heterocycles. The zero-order chi connectivity index (χ0) is 14.4. The maximum absolute atomic E-state index is 12.0. The number of carbonyl (C=O) groups excluding carboxylic acids is 1. The van der Waals surface area contributed by atoms with Crippen LogP contribution in [0.5, 0.6) is 0 Å². The molecule has 0 radical (unpaired) electrons. The number of carboxylic acid groups (broad SMARTS) is 2. The molecule has 0 aliphatic heterocycles. The molecule has 20 heavy (non-hydrogen) atoms. The molecule has 0 bridgehead atoms. The van der Waals surface area contributed by atoms with Crippen molar-refractivity contribution in [3.05, 3.63) is 0 Å². The standard InChI is InChI=1S/C11H16N2O6.ClH/c12-11(10(19)13-5(3-14)8(15)16)2-1-4-6(7(4)11)9(17)18;/h4-7,14H,1-3,12H2,(H,13,19)(H,15,16)(H,17,18);1H/t4-,5-,6-,7-,11-;/m0./s1. The average Bonchev–Trinajstić information content (AvgIpc) is 2.99. The number of aliphatic hydroxyl groups is 1. The number of fused-ring (bicyclic) bond motifs is 1. The molecular weight excluding hydrogens is 292 g/mol. The fraction of sp³-hybridized carbons (Fsp3) is 0.727. The minimum atomic E-state index is -1.42. The number of aliphatic carboxylic acids is 2. The second-order valence-corrected chi connectivity index (χ2v) is 5.18. The number of hydrogen-bond acceptors (Lipinski definition) is 5. The molecule has 6 N–H and O–H groups in total. The van der Waals surface area contributed by atoms with Crippen LogP contribution in [0.1, 0.15) is 12.8 Å². The van der Waals surface area contributed by atoms with E-state index in [2.05, 4.69) is 5.32 Å². The van der Waals surface area contributed by atoms with Crippen molar-refractivity contribution in [1.29, 1.82) is 0 Å². The third kappa shape index (κ3) is 2.46. The summed E-state index contributed by atoms with van der Waals surface area (Å²) < 4.78 is 0. The van der Waals surface area contributed by atoms with Crippen LogP contribution in [0.25, 0.3) is 0 Å². The van der Waals surface area contributed by atoms with Gasteiger partial charge in [-0.1, -0.05) is 0 Å². The number of carbonyl (C=O) groups is 3. The molecule has 114 valence electrons. The predicted molar refractivity (Wildman–Crippen MR) is 68.2 cm³/mol.